The van der Waals surface area contributed by atoms with Crippen LogP contribution in [0.3, 0.4) is 0 Å². The van der Waals surface area contributed by atoms with Gasteiger partial charge >= 0.3 is 5.97 Å². The number of anilines is 1. The molecule has 0 saturated carbocycles. The molecule has 0 bridgehead atoms. The molecule has 1 fully saturated rings. The molecule has 1 aliphatic rings. The van der Waals surface area contributed by atoms with Crippen molar-refractivity contribution in [1.29, 1.82) is 0 Å². The monoisotopic (exact) mass is 474 g/mol. The van der Waals surface area contributed by atoms with Crippen molar-refractivity contribution in [3.63, 3.8) is 0 Å². The molecule has 3 heterocycles. The van der Waals surface area contributed by atoms with Crippen molar-refractivity contribution in [3.8, 4) is 17.0 Å². The van der Waals surface area contributed by atoms with E-state index in [1.807, 2.05) is 6.07 Å². The molecule has 0 radical (unpaired) electrons. The Morgan fingerprint density at radius 1 is 1.25 bits per heavy atom. The Bertz CT molecular complexity index is 1140. The lowest BCUT2D eigenvalue weighted by Gasteiger charge is -2.30. The molecule has 32 heavy (non-hydrogen) atoms. The number of piperidine rings is 1. The highest BCUT2D eigenvalue weighted by Crippen LogP contribution is 2.37. The fourth-order valence-electron chi connectivity index (χ4n) is 3.81. The van der Waals surface area contributed by atoms with Crippen LogP contribution in [0.4, 0.5) is 5.69 Å². The van der Waals surface area contributed by atoms with Crippen LogP contribution in [-0.2, 0) is 4.74 Å². The first-order chi connectivity index (χ1) is 15.4. The maximum absolute atomic E-state index is 12.7. The Morgan fingerprint density at radius 3 is 2.59 bits per heavy atom. The number of nitrogens with zero attached hydrogens (tertiary/aromatic N) is 3. The molecule has 0 spiro atoms. The predicted octanol–water partition coefficient (Wildman–Crippen LogP) is 4.99. The van der Waals surface area contributed by atoms with Gasteiger partial charge in [-0.05, 0) is 64.2 Å². The second kappa shape index (κ2) is 9.48. The zero-order chi connectivity index (χ0) is 22.8. The number of carbonyl (C=O) groups excluding carboxylic acids is 1. The number of likely N-dealkylation sites (tertiary alicyclic amines) is 1. The van der Waals surface area contributed by atoms with Crippen molar-refractivity contribution >= 4 is 45.9 Å². The smallest absolute Gasteiger partial charge is 0.341 e. The summed E-state index contributed by atoms with van der Waals surface area (Å²) in [6.07, 6.45) is 3.43. The maximum Gasteiger partial charge on any atom is 0.341 e. The number of benzene rings is 1. The first-order valence-electron chi connectivity index (χ1n) is 10.5. The lowest BCUT2D eigenvalue weighted by Crippen LogP contribution is -2.37. The lowest BCUT2D eigenvalue weighted by molar-refractivity contribution is 0.0527. The minimum Gasteiger partial charge on any atom is -0.505 e. The molecular weight excluding hydrogens is 451 g/mol. The molecule has 3 aromatic rings. The fraction of sp³-hybridized carbons (Fsp3) is 0.348. The van der Waals surface area contributed by atoms with Gasteiger partial charge in [-0.2, -0.15) is 0 Å². The molecule has 0 unspecified atom stereocenters. The van der Waals surface area contributed by atoms with Gasteiger partial charge in [-0.15, -0.1) is 0 Å². The van der Waals surface area contributed by atoms with E-state index in [2.05, 4.69) is 22.2 Å². The highest BCUT2D eigenvalue weighted by molar-refractivity contribution is 6.37. The van der Waals surface area contributed by atoms with Crippen molar-refractivity contribution in [2.75, 3.05) is 32.1 Å². The van der Waals surface area contributed by atoms with Gasteiger partial charge in [0.15, 0.2) is 5.75 Å². The van der Waals surface area contributed by atoms with Crippen molar-refractivity contribution in [3.05, 3.63) is 46.1 Å². The number of pyridine rings is 2. The molecule has 7 nitrogen and oxygen atoms in total. The number of nitrogens with one attached hydrogen (secondary N) is 1. The number of carbonyl (C=O) groups is 1. The van der Waals surface area contributed by atoms with E-state index in [9.17, 15) is 9.90 Å². The summed E-state index contributed by atoms with van der Waals surface area (Å²) in [6.45, 7) is 3.98. The Balaban J connectivity index is 1.83. The first-order valence-corrected chi connectivity index (χ1v) is 11.2. The van der Waals surface area contributed by atoms with Gasteiger partial charge in [0.05, 0.1) is 33.6 Å². The minimum absolute atomic E-state index is 0.137. The topological polar surface area (TPSA) is 87.6 Å². The highest BCUT2D eigenvalue weighted by atomic mass is 35.5. The Kier molecular flexibility index (Phi) is 6.69. The van der Waals surface area contributed by atoms with E-state index in [0.29, 0.717) is 33.5 Å². The normalized spacial score (nSPS) is 15.1. The SMILES string of the molecule is CCOC(=O)c1cnc2ccc(-c3cc(Cl)c(O)c(Cl)c3)nc2c1NC1CCN(C)CC1. The number of esters is 1. The van der Waals surface area contributed by atoms with Crippen molar-refractivity contribution in [2.24, 2.45) is 0 Å². The van der Waals surface area contributed by atoms with Gasteiger partial charge in [-0.25, -0.2) is 9.78 Å². The second-order valence-corrected chi connectivity index (χ2v) is 8.66. The highest BCUT2D eigenvalue weighted by Gasteiger charge is 2.23. The third-order valence-electron chi connectivity index (χ3n) is 5.59. The fourth-order valence-corrected chi connectivity index (χ4v) is 4.29. The number of hydrogen-bond donors (Lipinski definition) is 2. The summed E-state index contributed by atoms with van der Waals surface area (Å²) in [7, 11) is 2.10. The van der Waals surface area contributed by atoms with E-state index in [0.717, 1.165) is 25.9 Å². The van der Waals surface area contributed by atoms with Crippen molar-refractivity contribution < 1.29 is 14.6 Å². The number of phenols is 1. The van der Waals surface area contributed by atoms with E-state index in [-0.39, 0.29) is 28.4 Å². The van der Waals surface area contributed by atoms with E-state index >= 15 is 0 Å². The Hall–Kier alpha value is -2.61. The van der Waals surface area contributed by atoms with Crippen LogP contribution in [0.15, 0.2) is 30.5 Å². The van der Waals surface area contributed by atoms with Crippen LogP contribution in [0.2, 0.25) is 10.0 Å². The number of aromatic hydroxyl groups is 1. The maximum atomic E-state index is 12.7. The quantitative estimate of drug-likeness (QED) is 0.503. The van der Waals surface area contributed by atoms with Crippen LogP contribution in [0.25, 0.3) is 22.3 Å². The summed E-state index contributed by atoms with van der Waals surface area (Å²) < 4.78 is 5.27. The third kappa shape index (κ3) is 4.60. The Morgan fingerprint density at radius 2 is 1.94 bits per heavy atom. The molecule has 0 amide bonds. The second-order valence-electron chi connectivity index (χ2n) is 7.84. The molecule has 4 rings (SSSR count). The zero-order valence-electron chi connectivity index (χ0n) is 17.9. The standard InChI is InChI=1S/C23H24Cl2N4O3/c1-3-32-23(31)15-12-26-19-5-4-18(13-10-16(24)22(30)17(25)11-13)28-21(19)20(15)27-14-6-8-29(2)9-7-14/h4-5,10-12,14,30H,3,6-9H2,1-2H3,(H,26,27). The van der Waals surface area contributed by atoms with Crippen LogP contribution < -0.4 is 5.32 Å². The molecule has 2 N–H and O–H groups in total. The number of ether oxygens (including phenoxy) is 1. The van der Waals surface area contributed by atoms with E-state index in [1.165, 1.54) is 6.20 Å². The minimum atomic E-state index is -0.444. The number of fused-ring (bicyclic) bond motifs is 1. The molecule has 168 valence electrons. The molecule has 0 aliphatic carbocycles. The van der Waals surface area contributed by atoms with Crippen LogP contribution in [0, 0.1) is 0 Å². The largest absolute Gasteiger partial charge is 0.505 e. The van der Waals surface area contributed by atoms with Crippen LogP contribution >= 0.6 is 23.2 Å². The van der Waals surface area contributed by atoms with Gasteiger partial charge in [-0.3, -0.25) is 4.98 Å². The molecule has 2 aromatic heterocycles. The van der Waals surface area contributed by atoms with E-state index in [1.54, 1.807) is 25.1 Å². The molecule has 1 aliphatic heterocycles. The molecule has 0 atom stereocenters. The summed E-state index contributed by atoms with van der Waals surface area (Å²) in [6, 6.07) is 7.04. The van der Waals surface area contributed by atoms with Gasteiger partial charge in [-0.1, -0.05) is 23.2 Å². The number of aromatic nitrogens is 2. The number of rotatable bonds is 5. The van der Waals surface area contributed by atoms with Crippen molar-refractivity contribution in [2.45, 2.75) is 25.8 Å². The molecule has 1 saturated heterocycles. The number of hydrogen-bond acceptors (Lipinski definition) is 7. The van der Waals surface area contributed by atoms with Gasteiger partial charge in [0, 0.05) is 17.8 Å². The van der Waals surface area contributed by atoms with Crippen LogP contribution in [0.5, 0.6) is 5.75 Å². The van der Waals surface area contributed by atoms with Crippen LogP contribution in [0.1, 0.15) is 30.1 Å². The number of phenolic OH excluding ortho intramolecular Hbond substituents is 1. The molecule has 9 heteroatoms. The molecule has 1 aromatic carbocycles. The average molecular weight is 475 g/mol. The first kappa shape index (κ1) is 22.6. The van der Waals surface area contributed by atoms with Crippen molar-refractivity contribution in [1.82, 2.24) is 14.9 Å². The van der Waals surface area contributed by atoms with Gasteiger partial charge in [0.25, 0.3) is 0 Å². The summed E-state index contributed by atoms with van der Waals surface area (Å²) in [4.78, 5) is 24.2. The lowest BCUT2D eigenvalue weighted by atomic mass is 10.0. The van der Waals surface area contributed by atoms with Gasteiger partial charge < -0.3 is 20.1 Å². The summed E-state index contributed by atoms with van der Waals surface area (Å²) in [5.74, 6) is -0.617. The number of halogens is 2. The summed E-state index contributed by atoms with van der Waals surface area (Å²) in [5, 5.41) is 13.7. The van der Waals surface area contributed by atoms with Gasteiger partial charge in [0.1, 0.15) is 11.1 Å². The average Bonchev–Trinajstić information content (AvgIpc) is 2.78. The Labute approximate surface area is 196 Å². The summed E-state index contributed by atoms with van der Waals surface area (Å²) >= 11 is 12.2. The zero-order valence-corrected chi connectivity index (χ0v) is 19.4. The summed E-state index contributed by atoms with van der Waals surface area (Å²) in [5.41, 5.74) is 3.41. The van der Waals surface area contributed by atoms with Gasteiger partial charge in [0.2, 0.25) is 0 Å². The predicted molar refractivity (Wildman–Crippen MR) is 127 cm³/mol. The molecular formula is C23H24Cl2N4O3. The van der Waals surface area contributed by atoms with E-state index in [4.69, 9.17) is 32.9 Å². The van der Waals surface area contributed by atoms with E-state index < -0.39 is 5.97 Å². The third-order valence-corrected chi connectivity index (χ3v) is 6.16. The van der Waals surface area contributed by atoms with Crippen LogP contribution in [-0.4, -0.2) is 58.7 Å².